The van der Waals surface area contributed by atoms with E-state index in [2.05, 4.69) is 15.6 Å². The zero-order valence-electron chi connectivity index (χ0n) is 16.8. The van der Waals surface area contributed by atoms with E-state index in [9.17, 15) is 9.18 Å². The number of hydrogen-bond donors (Lipinski definition) is 1. The third-order valence-electron chi connectivity index (χ3n) is 4.60. The molecule has 1 amide bonds. The third-order valence-corrected chi connectivity index (χ3v) is 5.34. The average molecular weight is 475 g/mol. The van der Waals surface area contributed by atoms with Crippen molar-refractivity contribution in [3.63, 3.8) is 0 Å². The molecule has 0 spiro atoms. The van der Waals surface area contributed by atoms with Crippen molar-refractivity contribution in [1.29, 1.82) is 0 Å². The molecule has 2 aromatic carbocycles. The van der Waals surface area contributed by atoms with Crippen LogP contribution in [0.25, 0.3) is 0 Å². The maximum atomic E-state index is 13.3. The molecule has 2 aromatic heterocycles. The van der Waals surface area contributed by atoms with Crippen molar-refractivity contribution in [3.05, 3.63) is 93.3 Å². The molecular weight excluding hydrogens is 458 g/mol. The molecule has 0 unspecified atom stereocenters. The smallest absolute Gasteiger partial charge is 0.278 e. The van der Waals surface area contributed by atoms with Gasteiger partial charge in [0.2, 0.25) is 0 Å². The van der Waals surface area contributed by atoms with Crippen LogP contribution in [0.15, 0.2) is 59.4 Å². The summed E-state index contributed by atoms with van der Waals surface area (Å²) in [5.41, 5.74) is 1.93. The van der Waals surface area contributed by atoms with Crippen LogP contribution in [0.4, 0.5) is 10.1 Å². The highest BCUT2D eigenvalue weighted by atomic mass is 35.5. The molecule has 0 saturated carbocycles. The second-order valence-corrected chi connectivity index (χ2v) is 7.76. The van der Waals surface area contributed by atoms with Gasteiger partial charge in [0.25, 0.3) is 5.91 Å². The predicted octanol–water partition coefficient (Wildman–Crippen LogP) is 5.51. The van der Waals surface area contributed by atoms with Gasteiger partial charge in [0.05, 0.1) is 34.0 Å². The number of halogens is 3. The lowest BCUT2D eigenvalue weighted by atomic mass is 10.2. The van der Waals surface area contributed by atoms with Crippen LogP contribution in [-0.2, 0) is 13.2 Å². The fourth-order valence-corrected chi connectivity index (χ4v) is 3.30. The number of anilines is 1. The van der Waals surface area contributed by atoms with Gasteiger partial charge in [-0.1, -0.05) is 40.5 Å². The number of aryl methyl sites for hydroxylation is 1. The Labute approximate surface area is 192 Å². The van der Waals surface area contributed by atoms with Crippen molar-refractivity contribution in [2.75, 3.05) is 5.32 Å². The van der Waals surface area contributed by atoms with Gasteiger partial charge in [0.15, 0.2) is 5.69 Å². The molecule has 1 N–H and O–H groups in total. The van der Waals surface area contributed by atoms with Crippen molar-refractivity contribution >= 4 is 34.8 Å². The standard InChI is InChI=1S/C22H17Cl2FN4O3/c1-13-18(12-31-17-4-2-3-15(25)8-17)21(28-32-13)22(30)27-16-9-26-29(11-16)10-14-5-6-19(23)20(24)7-14/h2-9,11H,10,12H2,1H3,(H,27,30). The monoisotopic (exact) mass is 474 g/mol. The van der Waals surface area contributed by atoms with Gasteiger partial charge >= 0.3 is 0 Å². The van der Waals surface area contributed by atoms with Gasteiger partial charge < -0.3 is 14.6 Å². The maximum absolute atomic E-state index is 13.3. The summed E-state index contributed by atoms with van der Waals surface area (Å²) in [6, 6.07) is 11.0. The first-order valence-electron chi connectivity index (χ1n) is 9.50. The number of carbonyl (C=O) groups is 1. The Morgan fingerprint density at radius 3 is 2.84 bits per heavy atom. The van der Waals surface area contributed by atoms with Gasteiger partial charge in [-0.2, -0.15) is 5.10 Å². The van der Waals surface area contributed by atoms with E-state index in [1.165, 1.54) is 24.4 Å². The molecule has 0 fully saturated rings. The fraction of sp³-hybridized carbons (Fsp3) is 0.136. The number of amides is 1. The number of aromatic nitrogens is 3. The molecule has 4 rings (SSSR count). The van der Waals surface area contributed by atoms with Crippen LogP contribution in [-0.4, -0.2) is 20.8 Å². The second kappa shape index (κ2) is 9.42. The average Bonchev–Trinajstić information content (AvgIpc) is 3.35. The zero-order chi connectivity index (χ0) is 22.7. The van der Waals surface area contributed by atoms with Crippen LogP contribution in [0, 0.1) is 12.7 Å². The Bertz CT molecular complexity index is 1270. The van der Waals surface area contributed by atoms with Crippen LogP contribution in [0.2, 0.25) is 10.0 Å². The summed E-state index contributed by atoms with van der Waals surface area (Å²) < 4.78 is 25.7. The lowest BCUT2D eigenvalue weighted by molar-refractivity contribution is 0.101. The van der Waals surface area contributed by atoms with Gasteiger partial charge in [-0.05, 0) is 36.8 Å². The first-order valence-corrected chi connectivity index (χ1v) is 10.3. The Morgan fingerprint density at radius 1 is 1.22 bits per heavy atom. The Morgan fingerprint density at radius 2 is 2.06 bits per heavy atom. The number of rotatable bonds is 7. The second-order valence-electron chi connectivity index (χ2n) is 6.94. The lowest BCUT2D eigenvalue weighted by Gasteiger charge is -2.07. The topological polar surface area (TPSA) is 82.2 Å². The Balaban J connectivity index is 1.42. The largest absolute Gasteiger partial charge is 0.489 e. The first kappa shape index (κ1) is 21.9. The molecule has 0 bridgehead atoms. The number of nitrogens with one attached hydrogen (secondary N) is 1. The minimum Gasteiger partial charge on any atom is -0.489 e. The molecular formula is C22H17Cl2FN4O3. The number of benzene rings is 2. The number of ether oxygens (including phenoxy) is 1. The van der Waals surface area contributed by atoms with Crippen LogP contribution >= 0.6 is 23.2 Å². The molecule has 0 radical (unpaired) electrons. The van der Waals surface area contributed by atoms with Crippen molar-refractivity contribution < 1.29 is 18.4 Å². The minimum absolute atomic E-state index is 0.00186. The summed E-state index contributed by atoms with van der Waals surface area (Å²) in [6.45, 7) is 2.12. The fourth-order valence-electron chi connectivity index (χ4n) is 2.98. The first-order chi connectivity index (χ1) is 15.4. The van der Waals surface area contributed by atoms with Gasteiger partial charge in [-0.25, -0.2) is 4.39 Å². The van der Waals surface area contributed by atoms with E-state index < -0.39 is 11.7 Å². The van der Waals surface area contributed by atoms with E-state index in [1.807, 2.05) is 6.07 Å². The molecule has 0 atom stereocenters. The minimum atomic E-state index is -0.478. The number of carbonyl (C=O) groups excluding carboxylic acids is 1. The van der Waals surface area contributed by atoms with Crippen molar-refractivity contribution in [2.45, 2.75) is 20.1 Å². The van der Waals surface area contributed by atoms with E-state index in [0.717, 1.165) is 5.56 Å². The summed E-state index contributed by atoms with van der Waals surface area (Å²) in [5, 5.41) is 11.8. The van der Waals surface area contributed by atoms with Crippen molar-refractivity contribution in [2.24, 2.45) is 0 Å². The van der Waals surface area contributed by atoms with E-state index in [4.69, 9.17) is 32.5 Å². The lowest BCUT2D eigenvalue weighted by Crippen LogP contribution is -2.15. The molecule has 164 valence electrons. The molecule has 32 heavy (non-hydrogen) atoms. The van der Waals surface area contributed by atoms with Gasteiger partial charge in [-0.15, -0.1) is 0 Å². The SMILES string of the molecule is Cc1onc(C(=O)Nc2cnn(Cc3ccc(Cl)c(Cl)c3)c2)c1COc1cccc(F)c1. The summed E-state index contributed by atoms with van der Waals surface area (Å²) in [4.78, 5) is 12.7. The molecule has 2 heterocycles. The summed E-state index contributed by atoms with van der Waals surface area (Å²) in [5.74, 6) is -0.128. The molecule has 10 heteroatoms. The highest BCUT2D eigenvalue weighted by Crippen LogP contribution is 2.23. The normalized spacial score (nSPS) is 10.9. The number of nitrogens with zero attached hydrogens (tertiary/aromatic N) is 3. The van der Waals surface area contributed by atoms with Crippen molar-refractivity contribution in [1.82, 2.24) is 14.9 Å². The van der Waals surface area contributed by atoms with Gasteiger partial charge in [0.1, 0.15) is 23.9 Å². The highest BCUT2D eigenvalue weighted by molar-refractivity contribution is 6.42. The van der Waals surface area contributed by atoms with Crippen LogP contribution < -0.4 is 10.1 Å². The summed E-state index contributed by atoms with van der Waals surface area (Å²) >= 11 is 12.0. The van der Waals surface area contributed by atoms with Gasteiger partial charge in [-0.3, -0.25) is 9.48 Å². The van der Waals surface area contributed by atoms with E-state index in [-0.39, 0.29) is 12.3 Å². The van der Waals surface area contributed by atoms with Crippen LogP contribution in [0.3, 0.4) is 0 Å². The van der Waals surface area contributed by atoms with Crippen LogP contribution in [0.5, 0.6) is 5.75 Å². The molecule has 0 aliphatic carbocycles. The molecule has 7 nitrogen and oxygen atoms in total. The van der Waals surface area contributed by atoms with Crippen LogP contribution in [0.1, 0.15) is 27.4 Å². The summed E-state index contributed by atoms with van der Waals surface area (Å²) in [6.07, 6.45) is 3.20. The van der Waals surface area contributed by atoms with Gasteiger partial charge in [0, 0.05) is 12.3 Å². The zero-order valence-corrected chi connectivity index (χ0v) is 18.3. The molecule has 0 aliphatic heterocycles. The quantitative estimate of drug-likeness (QED) is 0.382. The van der Waals surface area contributed by atoms with Crippen molar-refractivity contribution in [3.8, 4) is 5.75 Å². The maximum Gasteiger partial charge on any atom is 0.278 e. The Hall–Kier alpha value is -3.36. The van der Waals surface area contributed by atoms with E-state index >= 15 is 0 Å². The molecule has 0 aliphatic rings. The number of hydrogen-bond acceptors (Lipinski definition) is 5. The van der Waals surface area contributed by atoms with E-state index in [1.54, 1.807) is 36.0 Å². The predicted molar refractivity (Wildman–Crippen MR) is 118 cm³/mol. The Kier molecular flexibility index (Phi) is 6.43. The van der Waals surface area contributed by atoms with E-state index in [0.29, 0.717) is 39.4 Å². The molecule has 0 saturated heterocycles. The molecule has 4 aromatic rings. The summed E-state index contributed by atoms with van der Waals surface area (Å²) in [7, 11) is 0. The highest BCUT2D eigenvalue weighted by Gasteiger charge is 2.21. The third kappa shape index (κ3) is 5.09.